The first-order chi connectivity index (χ1) is 7.57. The van der Waals surface area contributed by atoms with Crippen molar-refractivity contribution in [2.45, 2.75) is 12.2 Å². The van der Waals surface area contributed by atoms with Gasteiger partial charge in [0.25, 0.3) is 0 Å². The van der Waals surface area contributed by atoms with Crippen molar-refractivity contribution in [3.8, 4) is 0 Å². The van der Waals surface area contributed by atoms with Gasteiger partial charge in [0.15, 0.2) is 11.9 Å². The number of aliphatic hydroxyl groups is 4. The van der Waals surface area contributed by atoms with Crippen molar-refractivity contribution in [3.63, 3.8) is 0 Å². The Kier molecular flexibility index (Phi) is 9.07. The van der Waals surface area contributed by atoms with E-state index in [1.165, 1.54) is 0 Å². The Bertz CT molecular complexity index is 359. The quantitative estimate of drug-likeness (QED) is 0.147. The van der Waals surface area contributed by atoms with Gasteiger partial charge in [0, 0.05) is 0 Å². The van der Waals surface area contributed by atoms with Gasteiger partial charge in [-0.15, -0.1) is 0 Å². The van der Waals surface area contributed by atoms with Crippen LogP contribution in [0.15, 0.2) is 11.5 Å². The zero-order valence-electron chi connectivity index (χ0n) is 10.2. The first-order valence-electron chi connectivity index (χ1n) is 3.98. The summed E-state index contributed by atoms with van der Waals surface area (Å²) in [5.74, 6) is -2.78. The van der Waals surface area contributed by atoms with Gasteiger partial charge < -0.3 is 41.3 Å². The molecule has 0 bridgehead atoms. The number of hydrogen-bond acceptors (Lipinski definition) is 7. The summed E-state index contributed by atoms with van der Waals surface area (Å²) >= 11 is 0. The predicted molar refractivity (Wildman–Crippen MR) is 50.6 cm³/mol. The van der Waals surface area contributed by atoms with Gasteiger partial charge in [-0.25, -0.2) is 9.36 Å². The van der Waals surface area contributed by atoms with Gasteiger partial charge in [-0.1, -0.05) is 0 Å². The minimum absolute atomic E-state index is 0. The third-order valence-electron chi connectivity index (χ3n) is 1.48. The Labute approximate surface area is 124 Å². The molecule has 0 aromatic heterocycles. The normalized spacial score (nSPS) is 20.5. The number of ether oxygens (including phenoxy) is 1. The molecule has 102 valence electrons. The van der Waals surface area contributed by atoms with Crippen LogP contribution in [0.2, 0.25) is 0 Å². The van der Waals surface area contributed by atoms with Gasteiger partial charge >= 0.3 is 43.3 Å². The van der Waals surface area contributed by atoms with E-state index >= 15 is 0 Å². The van der Waals surface area contributed by atoms with E-state index in [9.17, 15) is 4.79 Å². The Morgan fingerprint density at radius 1 is 1.33 bits per heavy atom. The molecule has 0 amide bonds. The van der Waals surface area contributed by atoms with E-state index in [1.54, 1.807) is 0 Å². The molecule has 1 aliphatic heterocycles. The molecule has 1 aliphatic rings. The van der Waals surface area contributed by atoms with Crippen molar-refractivity contribution in [1.82, 2.24) is 0 Å². The molecule has 0 unspecified atom stereocenters. The predicted octanol–water partition coefficient (Wildman–Crippen LogP) is -5.22. The summed E-state index contributed by atoms with van der Waals surface area (Å²) in [7, 11) is -4.64. The van der Waals surface area contributed by atoms with E-state index in [0.29, 0.717) is 0 Å². The number of hydrogen-bond donors (Lipinski definition) is 7. The van der Waals surface area contributed by atoms with Crippen LogP contribution < -0.4 is 29.6 Å². The minimum Gasteiger partial charge on any atom is -1.00 e. The van der Waals surface area contributed by atoms with Gasteiger partial charge in [-0.05, 0) is 0 Å². The van der Waals surface area contributed by atoms with Crippen LogP contribution >= 0.6 is 7.82 Å². The van der Waals surface area contributed by atoms with E-state index in [2.05, 4.69) is 4.74 Å². The summed E-state index contributed by atoms with van der Waals surface area (Å²) < 4.78 is 13.2. The molecule has 1 heterocycles. The second-order valence-corrected chi connectivity index (χ2v) is 3.85. The number of aliphatic hydroxyl groups excluding tert-OH is 4. The van der Waals surface area contributed by atoms with Gasteiger partial charge in [0.05, 0.1) is 6.61 Å². The van der Waals surface area contributed by atoms with Crippen LogP contribution in [-0.4, -0.2) is 59.9 Å². The molecule has 12 heteroatoms. The average molecular weight is 298 g/mol. The third kappa shape index (κ3) is 7.31. The van der Waals surface area contributed by atoms with Crippen LogP contribution in [0.25, 0.3) is 0 Å². The number of esters is 1. The van der Waals surface area contributed by atoms with E-state index in [-0.39, 0.29) is 31.0 Å². The summed E-state index contributed by atoms with van der Waals surface area (Å²) in [6.45, 7) is -0.671. The monoisotopic (exact) mass is 298 g/mol. The van der Waals surface area contributed by atoms with Gasteiger partial charge in [-0.2, -0.15) is 0 Å². The summed E-state index contributed by atoms with van der Waals surface area (Å²) in [6.07, 6.45) is -2.78. The van der Waals surface area contributed by atoms with Crippen LogP contribution in [0.5, 0.6) is 0 Å². The summed E-state index contributed by atoms with van der Waals surface area (Å²) in [4.78, 5) is 32.1. The first-order valence-corrected chi connectivity index (χ1v) is 5.54. The molecule has 0 aromatic carbocycles. The molecule has 1 rings (SSSR count). The molecule has 0 saturated heterocycles. The van der Waals surface area contributed by atoms with E-state index < -0.39 is 44.1 Å². The van der Waals surface area contributed by atoms with Crippen LogP contribution in [0.3, 0.4) is 0 Å². The molecule has 0 aliphatic carbocycles. The Balaban J connectivity index is -0.000000320. The van der Waals surface area contributed by atoms with E-state index in [1.807, 2.05) is 0 Å². The number of carbonyl (C=O) groups is 1. The Morgan fingerprint density at radius 3 is 1.94 bits per heavy atom. The van der Waals surface area contributed by atoms with Gasteiger partial charge in [-0.3, -0.25) is 0 Å². The summed E-state index contributed by atoms with van der Waals surface area (Å²) in [6, 6.07) is 0. The van der Waals surface area contributed by atoms with E-state index in [0.717, 1.165) is 0 Å². The van der Waals surface area contributed by atoms with Crippen molar-refractivity contribution in [3.05, 3.63) is 11.5 Å². The zero-order valence-corrected chi connectivity index (χ0v) is 12.1. The molecular formula is C6H12NaO10P. The van der Waals surface area contributed by atoms with Crippen LogP contribution in [-0.2, 0) is 14.1 Å². The zero-order chi connectivity index (χ0) is 13.8. The van der Waals surface area contributed by atoms with Crippen molar-refractivity contribution in [2.24, 2.45) is 0 Å². The molecule has 0 saturated carbocycles. The smallest absolute Gasteiger partial charge is 1.00 e. The number of cyclic esters (lactones) is 1. The summed E-state index contributed by atoms with van der Waals surface area (Å²) in [5, 5.41) is 35.0. The second kappa shape index (κ2) is 8.10. The molecule has 0 fully saturated rings. The molecule has 0 spiro atoms. The second-order valence-electron chi connectivity index (χ2n) is 2.82. The fraction of sp³-hybridized carbons (Fsp3) is 0.500. The van der Waals surface area contributed by atoms with Crippen LogP contribution in [0.1, 0.15) is 1.43 Å². The average Bonchev–Trinajstić information content (AvgIpc) is 2.42. The molecule has 18 heavy (non-hydrogen) atoms. The minimum atomic E-state index is -4.64. The maximum atomic E-state index is 10.5. The third-order valence-corrected chi connectivity index (χ3v) is 1.48. The number of phosphoric acid groups is 1. The largest absolute Gasteiger partial charge is 1.00 e. The fourth-order valence-corrected chi connectivity index (χ4v) is 0.823. The van der Waals surface area contributed by atoms with Crippen LogP contribution in [0.4, 0.5) is 0 Å². The molecule has 2 atom stereocenters. The van der Waals surface area contributed by atoms with Crippen molar-refractivity contribution in [1.29, 1.82) is 0 Å². The topological polar surface area (TPSA) is 185 Å². The van der Waals surface area contributed by atoms with E-state index in [4.69, 9.17) is 39.7 Å². The standard InChI is InChI=1S/C6H8O6.Na.H3O4P.H/c7-1-2(8)5-3(9)4(10)6(11)12-5;;1-5(2,3)4;/h2,5,7-10H,1H2;;(H3,1,2,3,4);/q;+1;;-1/t2-,5+;;;/m0.../s1. The molecular weight excluding hydrogens is 286 g/mol. The Morgan fingerprint density at radius 2 is 1.72 bits per heavy atom. The maximum absolute atomic E-state index is 10.5. The van der Waals surface area contributed by atoms with Crippen molar-refractivity contribution < 1.29 is 80.2 Å². The van der Waals surface area contributed by atoms with Crippen molar-refractivity contribution >= 4 is 13.8 Å². The molecule has 0 aromatic rings. The van der Waals surface area contributed by atoms with Crippen LogP contribution in [0, 0.1) is 0 Å². The SMILES string of the molecule is O=C1O[C@H]([C@@H](O)CO)C(O)=C1O.O=P(O)(O)O.[H-].[Na+]. The molecule has 7 N–H and O–H groups in total. The molecule has 10 nitrogen and oxygen atoms in total. The van der Waals surface area contributed by atoms with Gasteiger partial charge in [0.1, 0.15) is 6.10 Å². The number of rotatable bonds is 2. The van der Waals surface area contributed by atoms with Gasteiger partial charge in [0.2, 0.25) is 5.76 Å². The van der Waals surface area contributed by atoms with Crippen molar-refractivity contribution in [2.75, 3.05) is 6.61 Å². The fourth-order valence-electron chi connectivity index (χ4n) is 0.823. The Hall–Kier alpha value is -0.160. The number of carbonyl (C=O) groups excluding carboxylic acids is 1. The summed E-state index contributed by atoms with van der Waals surface area (Å²) in [5.41, 5.74) is 0. The molecule has 0 radical (unpaired) electrons. The maximum Gasteiger partial charge on any atom is 1.00 e. The first kappa shape index (κ1) is 20.2.